The summed E-state index contributed by atoms with van der Waals surface area (Å²) in [5, 5.41) is 0. The molecule has 2 N–H and O–H groups in total. The van der Waals surface area contributed by atoms with E-state index >= 15 is 0 Å². The monoisotopic (exact) mass is 181 g/mol. The van der Waals surface area contributed by atoms with Crippen LogP contribution in [0.4, 0.5) is 0 Å². The van der Waals surface area contributed by atoms with Crippen molar-refractivity contribution >= 4 is 0 Å². The minimum Gasteiger partial charge on any atom is -0.322 e. The molecule has 1 unspecified atom stereocenters. The quantitative estimate of drug-likeness (QED) is 0.493. The molecule has 0 aromatic heterocycles. The molecule has 0 heterocycles. The van der Waals surface area contributed by atoms with Crippen molar-refractivity contribution < 1.29 is 0 Å². The molecule has 0 radical (unpaired) electrons. The van der Waals surface area contributed by atoms with Gasteiger partial charge in [-0.2, -0.15) is 0 Å². The Hall–Kier alpha value is -0.300. The second kappa shape index (κ2) is 5.43. The molecule has 0 bridgehead atoms. The molecule has 76 valence electrons. The summed E-state index contributed by atoms with van der Waals surface area (Å²) in [5.41, 5.74) is 6.25. The van der Waals surface area contributed by atoms with Gasteiger partial charge in [-0.25, -0.2) is 0 Å². The summed E-state index contributed by atoms with van der Waals surface area (Å²) in [6.45, 7) is 2.25. The van der Waals surface area contributed by atoms with Gasteiger partial charge in [0, 0.05) is 5.54 Å². The number of rotatable bonds is 6. The highest BCUT2D eigenvalue weighted by atomic mass is 14.7. The minimum atomic E-state index is 0.0617. The van der Waals surface area contributed by atoms with Gasteiger partial charge in [-0.3, -0.25) is 0 Å². The Bertz CT molecular complexity index is 163. The number of hydrogen-bond acceptors (Lipinski definition) is 1. The molecule has 0 spiro atoms. The molecule has 0 saturated heterocycles. The molecule has 1 heteroatoms. The molecular formula is C12H23N. The number of allylic oxidation sites excluding steroid dienone is 1. The van der Waals surface area contributed by atoms with Gasteiger partial charge in [0.1, 0.15) is 0 Å². The van der Waals surface area contributed by atoms with Gasteiger partial charge in [-0.05, 0) is 19.3 Å². The van der Waals surface area contributed by atoms with Crippen LogP contribution in [-0.4, -0.2) is 5.54 Å². The molecule has 0 saturated carbocycles. The van der Waals surface area contributed by atoms with E-state index in [1.165, 1.54) is 51.4 Å². The maximum atomic E-state index is 6.19. The van der Waals surface area contributed by atoms with Crippen LogP contribution in [0.3, 0.4) is 0 Å². The predicted molar refractivity (Wildman–Crippen MR) is 58.7 cm³/mol. The first-order chi connectivity index (χ1) is 6.27. The first kappa shape index (κ1) is 10.8. The smallest absolute Gasteiger partial charge is 0.0342 e. The van der Waals surface area contributed by atoms with Gasteiger partial charge in [-0.15, -0.1) is 0 Å². The molecule has 1 atom stereocenters. The molecule has 0 aromatic carbocycles. The highest BCUT2D eigenvalue weighted by molar-refractivity contribution is 5.11. The fraction of sp³-hybridized carbons (Fsp3) is 0.833. The second-order valence-corrected chi connectivity index (χ2v) is 4.34. The van der Waals surface area contributed by atoms with Gasteiger partial charge in [0.15, 0.2) is 0 Å². The van der Waals surface area contributed by atoms with Gasteiger partial charge in [0.2, 0.25) is 0 Å². The fourth-order valence-electron chi connectivity index (χ4n) is 2.02. The maximum absolute atomic E-state index is 6.19. The number of hydrogen-bond donors (Lipinski definition) is 1. The van der Waals surface area contributed by atoms with Gasteiger partial charge in [-0.1, -0.05) is 51.2 Å². The Morgan fingerprint density at radius 1 is 1.23 bits per heavy atom. The van der Waals surface area contributed by atoms with E-state index < -0.39 is 0 Å². The molecule has 0 fully saturated rings. The topological polar surface area (TPSA) is 26.0 Å². The lowest BCUT2D eigenvalue weighted by Crippen LogP contribution is -2.34. The average Bonchev–Trinajstić information content (AvgIpc) is 2.53. The maximum Gasteiger partial charge on any atom is 0.0342 e. The number of unbranched alkanes of at least 4 members (excludes halogenated alkanes) is 4. The van der Waals surface area contributed by atoms with Crippen molar-refractivity contribution in [2.75, 3.05) is 0 Å². The molecule has 1 nitrogen and oxygen atoms in total. The molecular weight excluding hydrogens is 158 g/mol. The van der Waals surface area contributed by atoms with Crippen molar-refractivity contribution in [2.24, 2.45) is 5.73 Å². The Morgan fingerprint density at radius 3 is 2.62 bits per heavy atom. The summed E-state index contributed by atoms with van der Waals surface area (Å²) in [6, 6.07) is 0. The Kier molecular flexibility index (Phi) is 4.51. The largest absolute Gasteiger partial charge is 0.322 e. The van der Waals surface area contributed by atoms with Crippen LogP contribution in [0, 0.1) is 0 Å². The van der Waals surface area contributed by atoms with Gasteiger partial charge >= 0.3 is 0 Å². The lowest BCUT2D eigenvalue weighted by atomic mass is 9.93. The highest BCUT2D eigenvalue weighted by Crippen LogP contribution is 2.25. The Labute approximate surface area is 82.4 Å². The molecule has 1 aliphatic carbocycles. The third-order valence-corrected chi connectivity index (χ3v) is 2.97. The standard InChI is InChI=1S/C12H23N/c1-2-3-4-5-6-9-12(13)10-7-8-11-12/h7,10H,2-6,8-9,11,13H2,1H3. The fourth-order valence-corrected chi connectivity index (χ4v) is 2.02. The summed E-state index contributed by atoms with van der Waals surface area (Å²) in [7, 11) is 0. The Morgan fingerprint density at radius 2 is 2.00 bits per heavy atom. The van der Waals surface area contributed by atoms with Gasteiger partial charge < -0.3 is 5.73 Å². The summed E-state index contributed by atoms with van der Waals surface area (Å²) in [4.78, 5) is 0. The van der Waals surface area contributed by atoms with Gasteiger partial charge in [0.25, 0.3) is 0 Å². The first-order valence-electron chi connectivity index (χ1n) is 5.73. The summed E-state index contributed by atoms with van der Waals surface area (Å²) < 4.78 is 0. The summed E-state index contributed by atoms with van der Waals surface area (Å²) >= 11 is 0. The van der Waals surface area contributed by atoms with Crippen molar-refractivity contribution in [3.63, 3.8) is 0 Å². The van der Waals surface area contributed by atoms with Crippen LogP contribution in [0.15, 0.2) is 12.2 Å². The van der Waals surface area contributed by atoms with Crippen LogP contribution < -0.4 is 5.73 Å². The van der Waals surface area contributed by atoms with E-state index in [9.17, 15) is 0 Å². The molecule has 0 aliphatic heterocycles. The third-order valence-electron chi connectivity index (χ3n) is 2.97. The zero-order valence-electron chi connectivity index (χ0n) is 8.89. The van der Waals surface area contributed by atoms with Crippen LogP contribution in [0.5, 0.6) is 0 Å². The van der Waals surface area contributed by atoms with Crippen molar-refractivity contribution in [1.29, 1.82) is 0 Å². The van der Waals surface area contributed by atoms with E-state index in [2.05, 4.69) is 19.1 Å². The van der Waals surface area contributed by atoms with Crippen LogP contribution in [0.1, 0.15) is 58.3 Å². The van der Waals surface area contributed by atoms with Crippen LogP contribution in [0.25, 0.3) is 0 Å². The average molecular weight is 181 g/mol. The van der Waals surface area contributed by atoms with Crippen molar-refractivity contribution in [3.8, 4) is 0 Å². The SMILES string of the molecule is CCCCCCCC1(N)C=CCC1. The first-order valence-corrected chi connectivity index (χ1v) is 5.73. The van der Waals surface area contributed by atoms with Crippen molar-refractivity contribution in [2.45, 2.75) is 63.8 Å². The van der Waals surface area contributed by atoms with Crippen LogP contribution in [0.2, 0.25) is 0 Å². The molecule has 13 heavy (non-hydrogen) atoms. The summed E-state index contributed by atoms with van der Waals surface area (Å²) in [6.07, 6.45) is 14.7. The lowest BCUT2D eigenvalue weighted by molar-refractivity contribution is 0.445. The van der Waals surface area contributed by atoms with Crippen LogP contribution in [-0.2, 0) is 0 Å². The van der Waals surface area contributed by atoms with E-state index in [4.69, 9.17) is 5.73 Å². The van der Waals surface area contributed by atoms with E-state index in [-0.39, 0.29) is 5.54 Å². The van der Waals surface area contributed by atoms with E-state index in [1.807, 2.05) is 0 Å². The van der Waals surface area contributed by atoms with E-state index in [0.717, 1.165) is 0 Å². The minimum absolute atomic E-state index is 0.0617. The zero-order chi connectivity index (χ0) is 9.57. The molecule has 0 aromatic rings. The van der Waals surface area contributed by atoms with Crippen molar-refractivity contribution in [1.82, 2.24) is 0 Å². The van der Waals surface area contributed by atoms with Gasteiger partial charge in [0.05, 0.1) is 0 Å². The number of nitrogens with two attached hydrogens (primary N) is 1. The molecule has 1 rings (SSSR count). The second-order valence-electron chi connectivity index (χ2n) is 4.34. The summed E-state index contributed by atoms with van der Waals surface area (Å²) in [5.74, 6) is 0. The lowest BCUT2D eigenvalue weighted by Gasteiger charge is -2.21. The molecule has 1 aliphatic rings. The predicted octanol–water partition coefficient (Wildman–Crippen LogP) is 3.39. The molecule has 0 amide bonds. The zero-order valence-corrected chi connectivity index (χ0v) is 8.89. The Balaban J connectivity index is 2.02. The van der Waals surface area contributed by atoms with Crippen LogP contribution >= 0.6 is 0 Å². The van der Waals surface area contributed by atoms with E-state index in [1.54, 1.807) is 0 Å². The third kappa shape index (κ3) is 3.95. The highest BCUT2D eigenvalue weighted by Gasteiger charge is 2.23. The van der Waals surface area contributed by atoms with E-state index in [0.29, 0.717) is 0 Å². The van der Waals surface area contributed by atoms with Crippen molar-refractivity contribution in [3.05, 3.63) is 12.2 Å². The normalized spacial score (nSPS) is 26.9.